The lowest BCUT2D eigenvalue weighted by Gasteiger charge is -2.44. The second kappa shape index (κ2) is 10.6. The van der Waals surface area contributed by atoms with E-state index >= 15 is 0 Å². The van der Waals surface area contributed by atoms with Crippen molar-refractivity contribution in [3.63, 3.8) is 0 Å². The van der Waals surface area contributed by atoms with E-state index in [0.717, 1.165) is 25.5 Å². The van der Waals surface area contributed by atoms with Crippen molar-refractivity contribution >= 4 is 36.8 Å². The number of ether oxygens (including phenoxy) is 2. The summed E-state index contributed by atoms with van der Waals surface area (Å²) in [5.41, 5.74) is 0.362. The highest BCUT2D eigenvalue weighted by atomic mass is 35.5. The summed E-state index contributed by atoms with van der Waals surface area (Å²) in [7, 11) is -1.03. The molecule has 2 aromatic carbocycles. The van der Waals surface area contributed by atoms with Crippen LogP contribution in [0.15, 0.2) is 84.0 Å². The molecule has 4 rings (SSSR count). The topological polar surface area (TPSA) is 48.0 Å². The van der Waals surface area contributed by atoms with Gasteiger partial charge in [0.2, 0.25) is 0 Å². The van der Waals surface area contributed by atoms with E-state index in [9.17, 15) is 4.79 Å². The summed E-state index contributed by atoms with van der Waals surface area (Å²) in [5, 5.41) is 2.48. The molecule has 35 heavy (non-hydrogen) atoms. The zero-order chi connectivity index (χ0) is 25.1. The van der Waals surface area contributed by atoms with E-state index in [1.807, 2.05) is 0 Å². The standard InChI is InChI=1S/C28H34ClNO4Si/c1-28(2,3)35(24-11-7-5-8-12-24,25-13-9-6-10-14-25)34-23-16-15-22(18-23)33-26-17-21(20-31)30(29)19-27(26)32-4/h5-14,17,20,22-23H,15-16,18-19H2,1-4H3/t22-,23-/m1/s1. The second-order valence-electron chi connectivity index (χ2n) is 10.2. The summed E-state index contributed by atoms with van der Waals surface area (Å²) in [6, 6.07) is 21.4. The van der Waals surface area contributed by atoms with Crippen LogP contribution in [0.5, 0.6) is 0 Å². The third-order valence-electron chi connectivity index (χ3n) is 6.87. The van der Waals surface area contributed by atoms with E-state index < -0.39 is 8.32 Å². The van der Waals surface area contributed by atoms with Gasteiger partial charge in [-0.1, -0.05) is 81.4 Å². The fourth-order valence-electron chi connectivity index (χ4n) is 5.17. The molecule has 0 radical (unpaired) electrons. The molecule has 1 aliphatic heterocycles. The molecule has 2 aliphatic rings. The average molecular weight is 512 g/mol. The van der Waals surface area contributed by atoms with Gasteiger partial charge in [0.25, 0.3) is 8.32 Å². The van der Waals surface area contributed by atoms with Crippen LogP contribution in [-0.2, 0) is 18.7 Å². The predicted molar refractivity (Wildman–Crippen MR) is 142 cm³/mol. The van der Waals surface area contributed by atoms with Crippen LogP contribution in [0.3, 0.4) is 0 Å². The van der Waals surface area contributed by atoms with Gasteiger partial charge in [0.15, 0.2) is 17.8 Å². The molecule has 1 heterocycles. The van der Waals surface area contributed by atoms with Gasteiger partial charge in [0.05, 0.1) is 19.4 Å². The summed E-state index contributed by atoms with van der Waals surface area (Å²) < 4.78 is 20.4. The Labute approximate surface area is 214 Å². The molecule has 0 amide bonds. The van der Waals surface area contributed by atoms with Crippen molar-refractivity contribution in [3.05, 3.63) is 84.0 Å². The minimum absolute atomic E-state index is 0.0237. The van der Waals surface area contributed by atoms with Crippen molar-refractivity contribution in [2.45, 2.75) is 57.3 Å². The Morgan fingerprint density at radius 2 is 1.54 bits per heavy atom. The van der Waals surface area contributed by atoms with Gasteiger partial charge in [0.1, 0.15) is 6.10 Å². The molecular formula is C28H34ClNO4Si. The Bertz CT molecular complexity index is 1040. The van der Waals surface area contributed by atoms with E-state index in [1.165, 1.54) is 14.8 Å². The molecule has 0 bridgehead atoms. The summed E-state index contributed by atoms with van der Waals surface area (Å²) in [6.07, 6.45) is 4.99. The van der Waals surface area contributed by atoms with Crippen LogP contribution < -0.4 is 10.4 Å². The van der Waals surface area contributed by atoms with Crippen LogP contribution in [0, 0.1) is 0 Å². The minimum atomic E-state index is -2.62. The number of hydrogen-bond donors (Lipinski definition) is 0. The zero-order valence-electron chi connectivity index (χ0n) is 20.9. The molecule has 0 unspecified atom stereocenters. The molecule has 0 aromatic heterocycles. The summed E-state index contributed by atoms with van der Waals surface area (Å²) in [4.78, 5) is 11.4. The minimum Gasteiger partial charge on any atom is -0.495 e. The second-order valence-corrected chi connectivity index (χ2v) is 14.8. The Balaban J connectivity index is 1.61. The van der Waals surface area contributed by atoms with Crippen molar-refractivity contribution in [2.75, 3.05) is 13.7 Å². The van der Waals surface area contributed by atoms with Crippen molar-refractivity contribution < 1.29 is 18.7 Å². The SMILES string of the molecule is COC1=C(O[C@@H]2CC[C@@H](O[Si](c3ccccc3)(c3ccccc3)C(C)(C)C)C2)C=C(C=O)N(Cl)C1. The number of methoxy groups -OCH3 is 1. The van der Waals surface area contributed by atoms with Gasteiger partial charge < -0.3 is 13.9 Å². The lowest BCUT2D eigenvalue weighted by Crippen LogP contribution is -2.67. The van der Waals surface area contributed by atoms with E-state index in [2.05, 4.69) is 81.4 Å². The number of nitrogens with zero attached hydrogens (tertiary/aromatic N) is 1. The first kappa shape index (κ1) is 25.5. The maximum absolute atomic E-state index is 11.4. The first-order valence-corrected chi connectivity index (χ1v) is 14.4. The molecule has 0 saturated heterocycles. The predicted octanol–water partition coefficient (Wildman–Crippen LogP) is 4.91. The number of aldehydes is 1. The molecule has 186 valence electrons. The van der Waals surface area contributed by atoms with E-state index in [4.69, 9.17) is 25.7 Å². The third kappa shape index (κ3) is 5.20. The highest BCUT2D eigenvalue weighted by Gasteiger charge is 2.52. The highest BCUT2D eigenvalue weighted by Crippen LogP contribution is 2.40. The fourth-order valence-corrected chi connectivity index (χ4v) is 10.1. The van der Waals surface area contributed by atoms with Crippen molar-refractivity contribution in [1.82, 2.24) is 4.42 Å². The third-order valence-corrected chi connectivity index (χ3v) is 12.3. The monoisotopic (exact) mass is 511 g/mol. The summed E-state index contributed by atoms with van der Waals surface area (Å²) in [5.74, 6) is 1.18. The number of benzene rings is 2. The van der Waals surface area contributed by atoms with Gasteiger partial charge in [-0.05, 0) is 28.3 Å². The summed E-state index contributed by atoms with van der Waals surface area (Å²) in [6.45, 7) is 7.17. The number of carbonyl (C=O) groups excluding carboxylic acids is 1. The van der Waals surface area contributed by atoms with Gasteiger partial charge in [-0.2, -0.15) is 0 Å². The van der Waals surface area contributed by atoms with Crippen LogP contribution >= 0.6 is 11.8 Å². The van der Waals surface area contributed by atoms with E-state index in [0.29, 0.717) is 17.2 Å². The van der Waals surface area contributed by atoms with Crippen LogP contribution in [-0.4, -0.2) is 44.9 Å². The summed E-state index contributed by atoms with van der Waals surface area (Å²) >= 11 is 6.14. The molecule has 0 N–H and O–H groups in total. The molecule has 2 aromatic rings. The van der Waals surface area contributed by atoms with Crippen LogP contribution in [0.4, 0.5) is 0 Å². The Morgan fingerprint density at radius 1 is 0.971 bits per heavy atom. The lowest BCUT2D eigenvalue weighted by atomic mass is 10.2. The van der Waals surface area contributed by atoms with E-state index in [-0.39, 0.29) is 23.8 Å². The highest BCUT2D eigenvalue weighted by molar-refractivity contribution is 6.99. The quantitative estimate of drug-likeness (QED) is 0.286. The first-order valence-electron chi connectivity index (χ1n) is 12.1. The van der Waals surface area contributed by atoms with E-state index in [1.54, 1.807) is 13.2 Å². The number of halogens is 1. The Morgan fingerprint density at radius 3 is 2.06 bits per heavy atom. The van der Waals surface area contributed by atoms with Crippen LogP contribution in [0.2, 0.25) is 5.04 Å². The lowest BCUT2D eigenvalue weighted by molar-refractivity contribution is -0.105. The molecule has 5 nitrogen and oxygen atoms in total. The molecular weight excluding hydrogens is 478 g/mol. The molecule has 1 aliphatic carbocycles. The smallest absolute Gasteiger partial charge is 0.261 e. The number of hydrogen-bond acceptors (Lipinski definition) is 5. The van der Waals surface area contributed by atoms with Crippen molar-refractivity contribution in [2.24, 2.45) is 0 Å². The van der Waals surface area contributed by atoms with Crippen LogP contribution in [0.25, 0.3) is 0 Å². The van der Waals surface area contributed by atoms with Crippen LogP contribution in [0.1, 0.15) is 40.0 Å². The van der Waals surface area contributed by atoms with Gasteiger partial charge in [-0.15, -0.1) is 0 Å². The maximum atomic E-state index is 11.4. The van der Waals surface area contributed by atoms with Gasteiger partial charge in [-0.25, -0.2) is 0 Å². The number of rotatable bonds is 8. The molecule has 7 heteroatoms. The number of carbonyl (C=O) groups is 1. The van der Waals surface area contributed by atoms with Crippen molar-refractivity contribution in [1.29, 1.82) is 0 Å². The Kier molecular flexibility index (Phi) is 7.74. The molecule has 0 spiro atoms. The van der Waals surface area contributed by atoms with Gasteiger partial charge in [-0.3, -0.25) is 9.21 Å². The Hall–Kier alpha value is -2.54. The molecule has 1 fully saturated rings. The first-order chi connectivity index (χ1) is 16.8. The normalized spacial score (nSPS) is 21.1. The van der Waals surface area contributed by atoms with Gasteiger partial charge in [0, 0.05) is 30.4 Å². The van der Waals surface area contributed by atoms with Gasteiger partial charge >= 0.3 is 0 Å². The number of allylic oxidation sites excluding steroid dienone is 2. The van der Waals surface area contributed by atoms with Crippen molar-refractivity contribution in [3.8, 4) is 0 Å². The molecule has 1 saturated carbocycles. The zero-order valence-corrected chi connectivity index (χ0v) is 22.6. The maximum Gasteiger partial charge on any atom is 0.261 e. The molecule has 2 atom stereocenters. The largest absolute Gasteiger partial charge is 0.495 e. The average Bonchev–Trinajstić information content (AvgIpc) is 3.30. The fraction of sp³-hybridized carbons (Fsp3) is 0.393.